The molecular weight excluding hydrogens is 268 g/mol. The van der Waals surface area contributed by atoms with Crippen LogP contribution in [0.2, 0.25) is 0 Å². The number of rotatable bonds is 5. The van der Waals surface area contributed by atoms with Gasteiger partial charge < -0.3 is 16.8 Å². The number of hydrogen-bond donors (Lipinski definition) is 3. The molecule has 2 amide bonds. The zero-order valence-electron chi connectivity index (χ0n) is 12.0. The van der Waals surface area contributed by atoms with E-state index in [1.807, 2.05) is 6.07 Å². The molecular formula is C15H22N4O2. The van der Waals surface area contributed by atoms with Crippen molar-refractivity contribution in [1.29, 1.82) is 0 Å². The Balaban J connectivity index is 1.78. The molecule has 2 rings (SSSR count). The van der Waals surface area contributed by atoms with Gasteiger partial charge in [-0.15, -0.1) is 0 Å². The molecule has 6 heteroatoms. The van der Waals surface area contributed by atoms with Gasteiger partial charge in [0, 0.05) is 31.2 Å². The molecule has 0 aliphatic carbocycles. The lowest BCUT2D eigenvalue weighted by Crippen LogP contribution is -2.44. The number of nitrogens with one attached hydrogen (secondary N) is 1. The average Bonchev–Trinajstić information content (AvgIpc) is 2.48. The van der Waals surface area contributed by atoms with Gasteiger partial charge in [0.25, 0.3) is 0 Å². The number of amides is 2. The normalized spacial score (nSPS) is 16.6. The maximum absolute atomic E-state index is 11.9. The van der Waals surface area contributed by atoms with Crippen LogP contribution in [0.15, 0.2) is 24.3 Å². The maximum atomic E-state index is 11.9. The highest BCUT2D eigenvalue weighted by molar-refractivity contribution is 5.92. The van der Waals surface area contributed by atoms with E-state index >= 15 is 0 Å². The summed E-state index contributed by atoms with van der Waals surface area (Å²) in [7, 11) is 0. The summed E-state index contributed by atoms with van der Waals surface area (Å²) in [5.74, 6) is -0.484. The van der Waals surface area contributed by atoms with Crippen molar-refractivity contribution in [1.82, 2.24) is 10.2 Å². The molecule has 1 heterocycles. The lowest BCUT2D eigenvalue weighted by Gasteiger charge is -2.29. The summed E-state index contributed by atoms with van der Waals surface area (Å²) in [6, 6.07) is 7.23. The van der Waals surface area contributed by atoms with Gasteiger partial charge in [-0.05, 0) is 30.5 Å². The van der Waals surface area contributed by atoms with Crippen molar-refractivity contribution in [3.05, 3.63) is 35.4 Å². The third-order valence-electron chi connectivity index (χ3n) is 3.70. The molecule has 0 spiro atoms. The molecule has 1 aliphatic rings. The summed E-state index contributed by atoms with van der Waals surface area (Å²) in [6.45, 7) is 2.52. The van der Waals surface area contributed by atoms with Crippen molar-refractivity contribution in [2.45, 2.75) is 25.4 Å². The fourth-order valence-corrected chi connectivity index (χ4v) is 2.41. The molecule has 1 aromatic rings. The molecule has 0 radical (unpaired) electrons. The predicted molar refractivity (Wildman–Crippen MR) is 80.5 cm³/mol. The smallest absolute Gasteiger partial charge is 0.248 e. The van der Waals surface area contributed by atoms with Crippen molar-refractivity contribution in [3.8, 4) is 0 Å². The van der Waals surface area contributed by atoms with E-state index in [9.17, 15) is 9.59 Å². The highest BCUT2D eigenvalue weighted by Gasteiger charge is 2.17. The monoisotopic (exact) mass is 290 g/mol. The van der Waals surface area contributed by atoms with E-state index in [-0.39, 0.29) is 11.9 Å². The minimum atomic E-state index is -0.465. The summed E-state index contributed by atoms with van der Waals surface area (Å²) in [4.78, 5) is 25.1. The molecule has 0 saturated carbocycles. The SMILES string of the molecule is NC(=O)c1cccc(CNC(=O)CN2CCC(N)CC2)c1. The van der Waals surface area contributed by atoms with E-state index in [2.05, 4.69) is 10.2 Å². The second kappa shape index (κ2) is 7.19. The van der Waals surface area contributed by atoms with Crippen molar-refractivity contribution >= 4 is 11.8 Å². The Bertz CT molecular complexity index is 510. The number of primary amides is 1. The highest BCUT2D eigenvalue weighted by atomic mass is 16.2. The van der Waals surface area contributed by atoms with Gasteiger partial charge in [-0.3, -0.25) is 14.5 Å². The Kier molecular flexibility index (Phi) is 5.30. The predicted octanol–water partition coefficient (Wildman–Crippen LogP) is -0.175. The molecule has 21 heavy (non-hydrogen) atoms. The summed E-state index contributed by atoms with van der Waals surface area (Å²) in [5, 5.41) is 2.86. The van der Waals surface area contributed by atoms with Gasteiger partial charge in [-0.25, -0.2) is 0 Å². The largest absolute Gasteiger partial charge is 0.366 e. The van der Waals surface area contributed by atoms with Crippen molar-refractivity contribution < 1.29 is 9.59 Å². The zero-order chi connectivity index (χ0) is 15.2. The first-order valence-corrected chi connectivity index (χ1v) is 7.18. The molecule has 0 unspecified atom stereocenters. The summed E-state index contributed by atoms with van der Waals surface area (Å²) in [6.07, 6.45) is 1.88. The van der Waals surface area contributed by atoms with Crippen LogP contribution in [0.1, 0.15) is 28.8 Å². The standard InChI is InChI=1S/C15H22N4O2/c16-13-4-6-19(7-5-13)10-14(20)18-9-11-2-1-3-12(8-11)15(17)21/h1-3,8,13H,4-7,9-10,16H2,(H2,17,21)(H,18,20). The number of nitrogens with zero attached hydrogens (tertiary/aromatic N) is 1. The number of carbonyl (C=O) groups excluding carboxylic acids is 2. The molecule has 0 atom stereocenters. The third-order valence-corrected chi connectivity index (χ3v) is 3.70. The summed E-state index contributed by atoms with van der Waals surface area (Å²) < 4.78 is 0. The first-order valence-electron chi connectivity index (χ1n) is 7.18. The fraction of sp³-hybridized carbons (Fsp3) is 0.467. The van der Waals surface area contributed by atoms with E-state index in [0.717, 1.165) is 31.5 Å². The number of carbonyl (C=O) groups is 2. The Labute approximate surface area is 124 Å². The number of likely N-dealkylation sites (tertiary alicyclic amines) is 1. The van der Waals surface area contributed by atoms with Crippen LogP contribution in [0.5, 0.6) is 0 Å². The molecule has 1 aliphatic heterocycles. The van der Waals surface area contributed by atoms with Crippen LogP contribution in [0.4, 0.5) is 0 Å². The van der Waals surface area contributed by atoms with Gasteiger partial charge in [-0.1, -0.05) is 12.1 Å². The average molecular weight is 290 g/mol. The molecule has 0 bridgehead atoms. The second-order valence-electron chi connectivity index (χ2n) is 5.45. The van der Waals surface area contributed by atoms with E-state index in [1.165, 1.54) is 0 Å². The quantitative estimate of drug-likeness (QED) is 0.700. The van der Waals surface area contributed by atoms with E-state index < -0.39 is 5.91 Å². The van der Waals surface area contributed by atoms with Crippen LogP contribution >= 0.6 is 0 Å². The van der Waals surface area contributed by atoms with Gasteiger partial charge in [-0.2, -0.15) is 0 Å². The Hall–Kier alpha value is -1.92. The zero-order valence-corrected chi connectivity index (χ0v) is 12.0. The van der Waals surface area contributed by atoms with Crippen molar-refractivity contribution in [2.24, 2.45) is 11.5 Å². The minimum Gasteiger partial charge on any atom is -0.366 e. The van der Waals surface area contributed by atoms with Crippen LogP contribution < -0.4 is 16.8 Å². The van der Waals surface area contributed by atoms with E-state index in [1.54, 1.807) is 18.2 Å². The molecule has 0 aromatic heterocycles. The van der Waals surface area contributed by atoms with Gasteiger partial charge >= 0.3 is 0 Å². The van der Waals surface area contributed by atoms with Crippen LogP contribution in [-0.2, 0) is 11.3 Å². The van der Waals surface area contributed by atoms with E-state index in [0.29, 0.717) is 18.7 Å². The lowest BCUT2D eigenvalue weighted by atomic mass is 10.1. The number of benzene rings is 1. The second-order valence-corrected chi connectivity index (χ2v) is 5.45. The number of hydrogen-bond acceptors (Lipinski definition) is 4. The lowest BCUT2D eigenvalue weighted by molar-refractivity contribution is -0.122. The summed E-state index contributed by atoms with van der Waals surface area (Å²) in [5.41, 5.74) is 12.4. The van der Waals surface area contributed by atoms with Crippen LogP contribution in [0, 0.1) is 0 Å². The fourth-order valence-electron chi connectivity index (χ4n) is 2.41. The molecule has 5 N–H and O–H groups in total. The molecule has 1 saturated heterocycles. The molecule has 6 nitrogen and oxygen atoms in total. The number of piperidine rings is 1. The third kappa shape index (κ3) is 4.84. The van der Waals surface area contributed by atoms with Crippen LogP contribution in [0.25, 0.3) is 0 Å². The van der Waals surface area contributed by atoms with E-state index in [4.69, 9.17) is 11.5 Å². The van der Waals surface area contributed by atoms with Crippen molar-refractivity contribution in [3.63, 3.8) is 0 Å². The Morgan fingerprint density at radius 2 is 2.00 bits per heavy atom. The molecule has 1 aromatic carbocycles. The first kappa shape index (κ1) is 15.5. The van der Waals surface area contributed by atoms with Crippen LogP contribution in [0.3, 0.4) is 0 Å². The maximum Gasteiger partial charge on any atom is 0.248 e. The van der Waals surface area contributed by atoms with Gasteiger partial charge in [0.2, 0.25) is 11.8 Å². The highest BCUT2D eigenvalue weighted by Crippen LogP contribution is 2.08. The number of nitrogens with two attached hydrogens (primary N) is 2. The summed E-state index contributed by atoms with van der Waals surface area (Å²) >= 11 is 0. The van der Waals surface area contributed by atoms with Gasteiger partial charge in [0.15, 0.2) is 0 Å². The minimum absolute atomic E-state index is 0.0186. The molecule has 1 fully saturated rings. The van der Waals surface area contributed by atoms with Gasteiger partial charge in [0.05, 0.1) is 6.54 Å². The van der Waals surface area contributed by atoms with Crippen molar-refractivity contribution in [2.75, 3.05) is 19.6 Å². The van der Waals surface area contributed by atoms with Crippen LogP contribution in [-0.4, -0.2) is 42.4 Å². The first-order chi connectivity index (χ1) is 10.0. The van der Waals surface area contributed by atoms with Gasteiger partial charge in [0.1, 0.15) is 0 Å². The Morgan fingerprint density at radius 1 is 1.29 bits per heavy atom. The Morgan fingerprint density at radius 3 is 2.67 bits per heavy atom. The topological polar surface area (TPSA) is 101 Å². The molecule has 114 valence electrons.